The van der Waals surface area contributed by atoms with Crippen LogP contribution >= 0.6 is 11.6 Å². The quantitative estimate of drug-likeness (QED) is 0.732. The van der Waals surface area contributed by atoms with Crippen LogP contribution in [0.1, 0.15) is 16.7 Å². The van der Waals surface area contributed by atoms with Crippen LogP contribution < -0.4 is 5.32 Å². The van der Waals surface area contributed by atoms with Crippen molar-refractivity contribution in [3.63, 3.8) is 0 Å². The van der Waals surface area contributed by atoms with Gasteiger partial charge >= 0.3 is 0 Å². The Labute approximate surface area is 127 Å². The van der Waals surface area contributed by atoms with Gasteiger partial charge in [-0.3, -0.25) is 4.79 Å². The normalized spacial score (nSPS) is 30.8. The van der Waals surface area contributed by atoms with Crippen LogP contribution in [0.5, 0.6) is 0 Å². The number of halogens is 1. The van der Waals surface area contributed by atoms with E-state index in [1.54, 1.807) is 0 Å². The molecule has 1 heterocycles. The Hall–Kier alpha value is -2.06. The van der Waals surface area contributed by atoms with Crippen molar-refractivity contribution < 1.29 is 4.79 Å². The minimum absolute atomic E-state index is 0.0498. The zero-order valence-electron chi connectivity index (χ0n) is 11.4. The molecule has 2 bridgehead atoms. The largest absolute Gasteiger partial charge is 0.335 e. The van der Waals surface area contributed by atoms with Crippen LogP contribution in [0.4, 0.5) is 0 Å². The van der Waals surface area contributed by atoms with Gasteiger partial charge in [-0.1, -0.05) is 42.0 Å². The third-order valence-electron chi connectivity index (χ3n) is 4.88. The number of allylic oxidation sites excluding steroid dienone is 4. The Kier molecular flexibility index (Phi) is 1.87. The summed E-state index contributed by atoms with van der Waals surface area (Å²) in [7, 11) is 0. The van der Waals surface area contributed by atoms with E-state index in [2.05, 4.69) is 48.7 Å². The van der Waals surface area contributed by atoms with Crippen LogP contribution in [0.15, 0.2) is 59.2 Å². The molecule has 1 N–H and O–H groups in total. The first-order valence-electron chi connectivity index (χ1n) is 7.07. The Bertz CT molecular complexity index is 871. The first kappa shape index (κ1) is 11.6. The minimum atomic E-state index is -0.523. The van der Waals surface area contributed by atoms with Crippen LogP contribution in [-0.2, 0) is 10.3 Å². The van der Waals surface area contributed by atoms with Crippen LogP contribution in [0, 0.1) is 6.92 Å². The molecule has 0 radical (unpaired) electrons. The third-order valence-corrected chi connectivity index (χ3v) is 5.24. The van der Waals surface area contributed by atoms with Crippen molar-refractivity contribution >= 4 is 23.1 Å². The SMILES string of the molecule is Cc1ccc2c(c1)C1=C3C=CC(Cl)C4=C3C2(C=C1)NC4=O. The standard InChI is InChI=1S/C18H12ClNO/c1-9-2-4-13-12(8-9)10-6-7-18(13)16-11(10)3-5-14(19)15(16)17(21)20-18/h2-8,14H,1H3,(H,20,21). The molecule has 1 aromatic carbocycles. The first-order chi connectivity index (χ1) is 10.1. The van der Waals surface area contributed by atoms with E-state index in [4.69, 9.17) is 11.6 Å². The van der Waals surface area contributed by atoms with E-state index in [-0.39, 0.29) is 11.3 Å². The van der Waals surface area contributed by atoms with Crippen LogP contribution in [-0.4, -0.2) is 11.3 Å². The van der Waals surface area contributed by atoms with Crippen LogP contribution in [0.2, 0.25) is 0 Å². The van der Waals surface area contributed by atoms with Gasteiger partial charge in [0.1, 0.15) is 5.54 Å². The zero-order valence-corrected chi connectivity index (χ0v) is 12.2. The summed E-state index contributed by atoms with van der Waals surface area (Å²) in [6.07, 6.45) is 8.20. The Morgan fingerprint density at radius 2 is 2.10 bits per heavy atom. The van der Waals surface area contributed by atoms with Gasteiger partial charge in [-0.05, 0) is 35.3 Å². The number of benzene rings is 1. The summed E-state index contributed by atoms with van der Waals surface area (Å²) >= 11 is 6.36. The fraction of sp³-hybridized carbons (Fsp3) is 0.167. The Morgan fingerprint density at radius 1 is 1.24 bits per heavy atom. The molecule has 0 aromatic heterocycles. The topological polar surface area (TPSA) is 29.1 Å². The molecule has 2 atom stereocenters. The number of nitrogens with one attached hydrogen (secondary N) is 1. The Morgan fingerprint density at radius 3 is 2.95 bits per heavy atom. The highest BCUT2D eigenvalue weighted by Gasteiger charge is 2.53. The highest BCUT2D eigenvalue weighted by molar-refractivity contribution is 6.28. The van der Waals surface area contributed by atoms with E-state index in [0.717, 1.165) is 16.7 Å². The molecule has 0 saturated heterocycles. The number of carbonyl (C=O) groups excluding carboxylic acids is 1. The van der Waals surface area contributed by atoms with Crippen molar-refractivity contribution in [2.24, 2.45) is 0 Å². The van der Waals surface area contributed by atoms with Gasteiger partial charge in [0, 0.05) is 11.1 Å². The predicted molar refractivity (Wildman–Crippen MR) is 82.9 cm³/mol. The molecule has 2 unspecified atom stereocenters. The van der Waals surface area contributed by atoms with Gasteiger partial charge in [0.25, 0.3) is 5.91 Å². The fourth-order valence-electron chi connectivity index (χ4n) is 4.01. The van der Waals surface area contributed by atoms with Gasteiger partial charge in [0.2, 0.25) is 0 Å². The van der Waals surface area contributed by atoms with E-state index in [0.29, 0.717) is 5.57 Å². The minimum Gasteiger partial charge on any atom is -0.335 e. The van der Waals surface area contributed by atoms with Gasteiger partial charge in [-0.2, -0.15) is 0 Å². The molecule has 0 saturated carbocycles. The summed E-state index contributed by atoms with van der Waals surface area (Å²) in [5.74, 6) is -0.0498. The monoisotopic (exact) mass is 293 g/mol. The van der Waals surface area contributed by atoms with E-state index < -0.39 is 5.54 Å². The molecule has 1 spiro atoms. The molecule has 0 fully saturated rings. The third kappa shape index (κ3) is 1.15. The van der Waals surface area contributed by atoms with E-state index in [1.165, 1.54) is 16.7 Å². The van der Waals surface area contributed by atoms with Gasteiger partial charge in [0.15, 0.2) is 0 Å². The molecular weight excluding hydrogens is 282 g/mol. The average molecular weight is 294 g/mol. The maximum absolute atomic E-state index is 12.5. The van der Waals surface area contributed by atoms with E-state index >= 15 is 0 Å². The number of carbonyl (C=O) groups is 1. The number of amides is 1. The van der Waals surface area contributed by atoms with Gasteiger partial charge < -0.3 is 5.32 Å². The van der Waals surface area contributed by atoms with Gasteiger partial charge in [0.05, 0.1) is 5.38 Å². The molecule has 1 amide bonds. The maximum atomic E-state index is 12.5. The second-order valence-electron chi connectivity index (χ2n) is 6.02. The van der Waals surface area contributed by atoms with Crippen molar-refractivity contribution in [2.75, 3.05) is 0 Å². The fourth-order valence-corrected chi connectivity index (χ4v) is 4.30. The molecule has 102 valence electrons. The smallest absolute Gasteiger partial charge is 0.250 e. The zero-order chi connectivity index (χ0) is 14.4. The average Bonchev–Trinajstić information content (AvgIpc) is 2.77. The summed E-state index contributed by atoms with van der Waals surface area (Å²) in [5, 5.41) is 2.83. The Balaban J connectivity index is 1.96. The summed E-state index contributed by atoms with van der Waals surface area (Å²) in [5.41, 5.74) is 7.18. The predicted octanol–water partition coefficient (Wildman–Crippen LogP) is 3.13. The van der Waals surface area contributed by atoms with Gasteiger partial charge in [-0.15, -0.1) is 11.6 Å². The first-order valence-corrected chi connectivity index (χ1v) is 7.50. The summed E-state index contributed by atoms with van der Waals surface area (Å²) < 4.78 is 0. The molecule has 21 heavy (non-hydrogen) atoms. The van der Waals surface area contributed by atoms with Crippen molar-refractivity contribution in [3.05, 3.63) is 75.9 Å². The van der Waals surface area contributed by atoms with Crippen molar-refractivity contribution in [2.45, 2.75) is 17.8 Å². The lowest BCUT2D eigenvalue weighted by atomic mass is 9.64. The highest BCUT2D eigenvalue weighted by atomic mass is 35.5. The molecule has 3 heteroatoms. The second-order valence-corrected chi connectivity index (χ2v) is 6.49. The summed E-state index contributed by atoms with van der Waals surface area (Å²) in [4.78, 5) is 12.5. The molecule has 6 rings (SSSR count). The van der Waals surface area contributed by atoms with E-state index in [1.807, 2.05) is 6.08 Å². The van der Waals surface area contributed by atoms with Crippen molar-refractivity contribution in [1.82, 2.24) is 5.32 Å². The maximum Gasteiger partial charge on any atom is 0.250 e. The number of alkyl halides is 1. The summed E-state index contributed by atoms with van der Waals surface area (Å²) in [6.45, 7) is 2.09. The van der Waals surface area contributed by atoms with Crippen molar-refractivity contribution in [1.29, 1.82) is 0 Å². The summed E-state index contributed by atoms with van der Waals surface area (Å²) in [6, 6.07) is 6.43. The van der Waals surface area contributed by atoms with Crippen LogP contribution in [0.3, 0.4) is 0 Å². The lowest BCUT2D eigenvalue weighted by molar-refractivity contribution is -0.117. The molecule has 2 nitrogen and oxygen atoms in total. The lowest BCUT2D eigenvalue weighted by Gasteiger charge is -2.42. The van der Waals surface area contributed by atoms with Gasteiger partial charge in [-0.25, -0.2) is 0 Å². The molecular formula is C18H12ClNO. The number of hydrogen-bond acceptors (Lipinski definition) is 1. The highest BCUT2D eigenvalue weighted by Crippen LogP contribution is 2.56. The number of aryl methyl sites for hydroxylation is 1. The number of rotatable bonds is 0. The molecule has 1 aliphatic heterocycles. The molecule has 1 aromatic rings. The van der Waals surface area contributed by atoms with Crippen molar-refractivity contribution in [3.8, 4) is 0 Å². The second kappa shape index (κ2) is 3.40. The van der Waals surface area contributed by atoms with E-state index in [9.17, 15) is 4.79 Å². The molecule has 4 aliphatic carbocycles. The van der Waals surface area contributed by atoms with Crippen LogP contribution in [0.25, 0.3) is 5.57 Å². The lowest BCUT2D eigenvalue weighted by Crippen LogP contribution is -2.44. The molecule has 5 aliphatic rings. The number of hydrogen-bond donors (Lipinski definition) is 1.